The van der Waals surface area contributed by atoms with Crippen LogP contribution in [0.2, 0.25) is 0 Å². The Labute approximate surface area is 178 Å². The van der Waals surface area contributed by atoms with Gasteiger partial charge in [-0.15, -0.1) is 10.2 Å². The lowest BCUT2D eigenvalue weighted by molar-refractivity contribution is -0.119. The Bertz CT molecular complexity index is 758. The number of rotatable bonds is 11. The summed E-state index contributed by atoms with van der Waals surface area (Å²) in [6.07, 6.45) is 7.10. The number of carbonyl (C=O) groups is 1. The number of amides is 1. The topological polar surface area (TPSA) is 63.1 Å². The van der Waals surface area contributed by atoms with Crippen molar-refractivity contribution in [2.24, 2.45) is 0 Å². The van der Waals surface area contributed by atoms with Crippen LogP contribution in [0, 0.1) is 0 Å². The van der Waals surface area contributed by atoms with E-state index in [2.05, 4.69) is 51.0 Å². The number of para-hydroxylation sites is 1. The average molecular weight is 416 g/mol. The summed E-state index contributed by atoms with van der Waals surface area (Å²) in [6.45, 7) is 7.30. The molecule has 0 radical (unpaired) electrons. The van der Waals surface area contributed by atoms with Gasteiger partial charge in [-0.3, -0.25) is 14.3 Å². The molecule has 0 saturated carbocycles. The number of hydrogen-bond acceptors (Lipinski definition) is 5. The zero-order valence-corrected chi connectivity index (χ0v) is 18.5. The maximum Gasteiger partial charge on any atom is 0.230 e. The van der Waals surface area contributed by atoms with Crippen LogP contribution in [0.25, 0.3) is 5.69 Å². The third-order valence-electron chi connectivity index (χ3n) is 5.26. The number of thioether (sulfide) groups is 1. The maximum atomic E-state index is 12.4. The molecule has 1 fully saturated rings. The molecule has 0 spiro atoms. The number of hydrogen-bond donors (Lipinski definition) is 1. The zero-order chi connectivity index (χ0) is 20.5. The summed E-state index contributed by atoms with van der Waals surface area (Å²) in [5, 5.41) is 12.8. The molecule has 1 aromatic heterocycles. The molecule has 2 heterocycles. The standard InChI is InChI=1S/C22H33N5OS/c1-3-4-6-11-18(2)23-21(28)17-29-22-25-24-20(16-26-14-9-10-15-26)27(22)19-12-7-5-8-13-19/h5,7-8,12-13,18H,3-4,6,9-11,14-17H2,1-2H3,(H,23,28). The highest BCUT2D eigenvalue weighted by Gasteiger charge is 2.20. The first-order chi connectivity index (χ1) is 14.2. The van der Waals surface area contributed by atoms with E-state index in [4.69, 9.17) is 0 Å². The highest BCUT2D eigenvalue weighted by atomic mass is 32.2. The van der Waals surface area contributed by atoms with E-state index in [0.29, 0.717) is 5.75 Å². The van der Waals surface area contributed by atoms with Gasteiger partial charge in [0, 0.05) is 11.7 Å². The predicted octanol–water partition coefficient (Wildman–Crippen LogP) is 4.04. The van der Waals surface area contributed by atoms with Gasteiger partial charge in [0.15, 0.2) is 11.0 Å². The van der Waals surface area contributed by atoms with Crippen molar-refractivity contribution in [2.75, 3.05) is 18.8 Å². The first-order valence-electron chi connectivity index (χ1n) is 10.8. The van der Waals surface area contributed by atoms with Crippen molar-refractivity contribution in [2.45, 2.75) is 70.1 Å². The average Bonchev–Trinajstić information content (AvgIpc) is 3.37. The third kappa shape index (κ3) is 6.57. The van der Waals surface area contributed by atoms with Gasteiger partial charge in [-0.25, -0.2) is 0 Å². The smallest absolute Gasteiger partial charge is 0.230 e. The summed E-state index contributed by atoms with van der Waals surface area (Å²) >= 11 is 1.46. The SMILES string of the molecule is CCCCCC(C)NC(=O)CSc1nnc(CN2CCCC2)n1-c1ccccc1. The molecule has 1 aliphatic rings. The molecule has 1 amide bonds. The van der Waals surface area contributed by atoms with E-state index >= 15 is 0 Å². The third-order valence-corrected chi connectivity index (χ3v) is 6.19. The van der Waals surface area contributed by atoms with Crippen molar-refractivity contribution < 1.29 is 4.79 Å². The van der Waals surface area contributed by atoms with E-state index in [1.807, 2.05) is 18.2 Å². The van der Waals surface area contributed by atoms with Gasteiger partial charge < -0.3 is 5.32 Å². The van der Waals surface area contributed by atoms with E-state index < -0.39 is 0 Å². The van der Waals surface area contributed by atoms with Crippen molar-refractivity contribution in [3.8, 4) is 5.69 Å². The van der Waals surface area contributed by atoms with Gasteiger partial charge in [0.25, 0.3) is 0 Å². The Morgan fingerprint density at radius 3 is 2.66 bits per heavy atom. The Morgan fingerprint density at radius 1 is 1.17 bits per heavy atom. The fourth-order valence-corrected chi connectivity index (χ4v) is 4.47. The molecule has 1 atom stereocenters. The van der Waals surface area contributed by atoms with Gasteiger partial charge in [0.1, 0.15) is 0 Å². The molecule has 6 nitrogen and oxygen atoms in total. The molecule has 158 valence electrons. The van der Waals surface area contributed by atoms with Crippen LogP contribution in [0.4, 0.5) is 0 Å². The highest BCUT2D eigenvalue weighted by molar-refractivity contribution is 7.99. The lowest BCUT2D eigenvalue weighted by Gasteiger charge is -2.16. The quantitative estimate of drug-likeness (QED) is 0.443. The fourth-order valence-electron chi connectivity index (χ4n) is 3.69. The molecule has 1 saturated heterocycles. The molecule has 1 aliphatic heterocycles. The zero-order valence-electron chi connectivity index (χ0n) is 17.6. The van der Waals surface area contributed by atoms with Gasteiger partial charge in [-0.2, -0.15) is 0 Å². The van der Waals surface area contributed by atoms with Crippen LogP contribution in [0.3, 0.4) is 0 Å². The molecule has 1 N–H and O–H groups in total. The van der Waals surface area contributed by atoms with Crippen molar-refractivity contribution in [1.82, 2.24) is 25.0 Å². The Balaban J connectivity index is 1.64. The summed E-state index contributed by atoms with van der Waals surface area (Å²) in [5.41, 5.74) is 1.04. The number of nitrogens with one attached hydrogen (secondary N) is 1. The van der Waals surface area contributed by atoms with Gasteiger partial charge in [0.2, 0.25) is 5.91 Å². The lowest BCUT2D eigenvalue weighted by Crippen LogP contribution is -2.33. The molecule has 3 rings (SSSR count). The molecule has 29 heavy (non-hydrogen) atoms. The van der Waals surface area contributed by atoms with E-state index in [1.165, 1.54) is 37.4 Å². The first-order valence-corrected chi connectivity index (χ1v) is 11.8. The van der Waals surface area contributed by atoms with Crippen LogP contribution in [0.1, 0.15) is 58.2 Å². The van der Waals surface area contributed by atoms with Crippen molar-refractivity contribution >= 4 is 17.7 Å². The molecular formula is C22H33N5OS. The normalized spacial score (nSPS) is 15.5. The monoisotopic (exact) mass is 415 g/mol. The van der Waals surface area contributed by atoms with Crippen LogP contribution in [0.5, 0.6) is 0 Å². The minimum absolute atomic E-state index is 0.0581. The molecule has 7 heteroatoms. The van der Waals surface area contributed by atoms with E-state index in [1.54, 1.807) is 0 Å². The van der Waals surface area contributed by atoms with E-state index in [0.717, 1.165) is 49.1 Å². The first kappa shape index (κ1) is 21.8. The lowest BCUT2D eigenvalue weighted by atomic mass is 10.1. The number of unbranched alkanes of at least 4 members (excludes halogenated alkanes) is 2. The minimum Gasteiger partial charge on any atom is -0.353 e. The molecule has 0 aliphatic carbocycles. The molecule has 0 bridgehead atoms. The second-order valence-electron chi connectivity index (χ2n) is 7.81. The van der Waals surface area contributed by atoms with Crippen LogP contribution in [-0.4, -0.2) is 50.5 Å². The summed E-state index contributed by atoms with van der Waals surface area (Å²) in [5.74, 6) is 1.35. The number of carbonyl (C=O) groups excluding carboxylic acids is 1. The Hall–Kier alpha value is -1.86. The van der Waals surface area contributed by atoms with Crippen molar-refractivity contribution in [3.63, 3.8) is 0 Å². The van der Waals surface area contributed by atoms with Gasteiger partial charge in [0.05, 0.1) is 12.3 Å². The summed E-state index contributed by atoms with van der Waals surface area (Å²) in [4.78, 5) is 14.8. The summed E-state index contributed by atoms with van der Waals surface area (Å²) in [7, 11) is 0. The highest BCUT2D eigenvalue weighted by Crippen LogP contribution is 2.23. The largest absolute Gasteiger partial charge is 0.353 e. The van der Waals surface area contributed by atoms with Crippen LogP contribution < -0.4 is 5.32 Å². The maximum absolute atomic E-state index is 12.4. The molecular weight excluding hydrogens is 382 g/mol. The van der Waals surface area contributed by atoms with E-state index in [9.17, 15) is 4.79 Å². The van der Waals surface area contributed by atoms with Crippen molar-refractivity contribution in [3.05, 3.63) is 36.2 Å². The van der Waals surface area contributed by atoms with Crippen LogP contribution >= 0.6 is 11.8 Å². The summed E-state index contributed by atoms with van der Waals surface area (Å²) in [6, 6.07) is 10.4. The number of likely N-dealkylation sites (tertiary alicyclic amines) is 1. The van der Waals surface area contributed by atoms with Crippen LogP contribution in [-0.2, 0) is 11.3 Å². The minimum atomic E-state index is 0.0581. The number of nitrogens with zero attached hydrogens (tertiary/aromatic N) is 4. The summed E-state index contributed by atoms with van der Waals surface area (Å²) < 4.78 is 2.10. The van der Waals surface area contributed by atoms with Crippen molar-refractivity contribution in [1.29, 1.82) is 0 Å². The molecule has 1 unspecified atom stereocenters. The van der Waals surface area contributed by atoms with Crippen LogP contribution in [0.15, 0.2) is 35.5 Å². The Kier molecular flexibility index (Phi) is 8.55. The van der Waals surface area contributed by atoms with Gasteiger partial charge >= 0.3 is 0 Å². The number of benzene rings is 1. The Morgan fingerprint density at radius 2 is 1.93 bits per heavy atom. The van der Waals surface area contributed by atoms with Gasteiger partial charge in [-0.05, 0) is 51.4 Å². The van der Waals surface area contributed by atoms with Gasteiger partial charge in [-0.1, -0.05) is 56.1 Å². The predicted molar refractivity (Wildman–Crippen MR) is 118 cm³/mol. The van der Waals surface area contributed by atoms with E-state index in [-0.39, 0.29) is 11.9 Å². The second kappa shape index (κ2) is 11.4. The fraction of sp³-hybridized carbons (Fsp3) is 0.591. The molecule has 1 aromatic carbocycles. The molecule has 2 aromatic rings. The second-order valence-corrected chi connectivity index (χ2v) is 8.75. The number of aromatic nitrogens is 3.